The molecule has 0 saturated heterocycles. The lowest BCUT2D eigenvalue weighted by Crippen LogP contribution is -2.43. The third kappa shape index (κ3) is 7.12. The van der Waals surface area contributed by atoms with E-state index in [2.05, 4.69) is 10.6 Å². The van der Waals surface area contributed by atoms with Crippen molar-refractivity contribution in [3.05, 3.63) is 0 Å². The lowest BCUT2D eigenvalue weighted by molar-refractivity contribution is 0.238. The second kappa shape index (κ2) is 4.96. The van der Waals surface area contributed by atoms with E-state index in [1.165, 1.54) is 0 Å². The molecule has 0 fully saturated rings. The number of rotatable bonds is 3. The van der Waals surface area contributed by atoms with Gasteiger partial charge in [-0.2, -0.15) is 0 Å². The van der Waals surface area contributed by atoms with Gasteiger partial charge in [-0.1, -0.05) is 0 Å². The lowest BCUT2D eigenvalue weighted by Gasteiger charge is -2.11. The summed E-state index contributed by atoms with van der Waals surface area (Å²) in [7, 11) is 0. The summed E-state index contributed by atoms with van der Waals surface area (Å²) in [6.07, 6.45) is 0. The number of nitrogens with two attached hydrogens (primary N) is 1. The maximum absolute atomic E-state index is 10.9. The Bertz CT molecular complexity index is 123. The molecule has 66 valence electrons. The first-order valence-electron chi connectivity index (χ1n) is 3.82. The molecule has 0 rings (SSSR count). The summed E-state index contributed by atoms with van der Waals surface area (Å²) in [5, 5.41) is 5.33. The summed E-state index contributed by atoms with van der Waals surface area (Å²) < 4.78 is 0. The Morgan fingerprint density at radius 1 is 1.45 bits per heavy atom. The van der Waals surface area contributed by atoms with Crippen molar-refractivity contribution < 1.29 is 4.79 Å². The van der Waals surface area contributed by atoms with Gasteiger partial charge in [-0.3, -0.25) is 0 Å². The van der Waals surface area contributed by atoms with Crippen molar-refractivity contribution >= 4 is 6.03 Å². The summed E-state index contributed by atoms with van der Waals surface area (Å²) in [4.78, 5) is 10.9. The highest BCUT2D eigenvalue weighted by Crippen LogP contribution is 1.76. The summed E-state index contributed by atoms with van der Waals surface area (Å²) in [5.41, 5.74) is 5.43. The van der Waals surface area contributed by atoms with E-state index in [4.69, 9.17) is 5.73 Å². The second-order valence-corrected chi connectivity index (χ2v) is 2.99. The Morgan fingerprint density at radius 2 is 2.00 bits per heavy atom. The van der Waals surface area contributed by atoms with E-state index in [1.54, 1.807) is 0 Å². The minimum Gasteiger partial charge on any atom is -0.337 e. The van der Waals surface area contributed by atoms with Gasteiger partial charge in [0, 0.05) is 18.6 Å². The monoisotopic (exact) mass is 159 g/mol. The van der Waals surface area contributed by atoms with E-state index < -0.39 is 0 Å². The standard InChI is InChI=1S/C7H17N3O/c1-5(2)10-7(11)9-4-6(3)8/h5-6H,4,8H2,1-3H3,(H2,9,10,11). The van der Waals surface area contributed by atoms with Crippen LogP contribution in [0.4, 0.5) is 4.79 Å². The molecule has 4 nitrogen and oxygen atoms in total. The Labute approximate surface area is 67.5 Å². The van der Waals surface area contributed by atoms with Crippen LogP contribution in [0.25, 0.3) is 0 Å². The van der Waals surface area contributed by atoms with Crippen LogP contribution in [-0.4, -0.2) is 24.7 Å². The van der Waals surface area contributed by atoms with Crippen LogP contribution in [0.3, 0.4) is 0 Å². The smallest absolute Gasteiger partial charge is 0.315 e. The molecule has 0 aromatic heterocycles. The normalized spacial score (nSPS) is 12.8. The van der Waals surface area contributed by atoms with Gasteiger partial charge in [-0.05, 0) is 20.8 Å². The molecule has 0 aromatic carbocycles. The molecule has 4 N–H and O–H groups in total. The topological polar surface area (TPSA) is 67.1 Å². The molecule has 0 aliphatic heterocycles. The van der Waals surface area contributed by atoms with Crippen LogP contribution < -0.4 is 16.4 Å². The van der Waals surface area contributed by atoms with Crippen molar-refractivity contribution in [1.82, 2.24) is 10.6 Å². The number of urea groups is 1. The van der Waals surface area contributed by atoms with Crippen molar-refractivity contribution in [2.45, 2.75) is 32.9 Å². The van der Waals surface area contributed by atoms with Crippen LogP contribution in [0.1, 0.15) is 20.8 Å². The minimum atomic E-state index is -0.155. The maximum atomic E-state index is 10.9. The molecule has 0 bridgehead atoms. The molecule has 0 heterocycles. The predicted molar refractivity (Wildman–Crippen MR) is 45.3 cm³/mol. The average Bonchev–Trinajstić information content (AvgIpc) is 1.82. The molecule has 0 aromatic rings. The highest BCUT2D eigenvalue weighted by molar-refractivity contribution is 5.74. The SMILES string of the molecule is CC(N)CNC(=O)NC(C)C. The van der Waals surface area contributed by atoms with Crippen LogP contribution >= 0.6 is 0 Å². The van der Waals surface area contributed by atoms with Crippen molar-refractivity contribution in [2.24, 2.45) is 5.73 Å². The van der Waals surface area contributed by atoms with E-state index in [0.717, 1.165) is 0 Å². The third-order valence-electron chi connectivity index (χ3n) is 1.00. The summed E-state index contributed by atoms with van der Waals surface area (Å²) >= 11 is 0. The first kappa shape index (κ1) is 10.2. The molecule has 1 atom stereocenters. The molecule has 0 aliphatic rings. The van der Waals surface area contributed by atoms with Crippen LogP contribution in [0, 0.1) is 0 Å². The number of carbonyl (C=O) groups is 1. The molecule has 11 heavy (non-hydrogen) atoms. The minimum absolute atomic E-state index is 0.00733. The fraction of sp³-hybridized carbons (Fsp3) is 0.857. The summed E-state index contributed by atoms with van der Waals surface area (Å²) in [6, 6.07) is 0.0216. The van der Waals surface area contributed by atoms with Crippen LogP contribution in [0.5, 0.6) is 0 Å². The van der Waals surface area contributed by atoms with Gasteiger partial charge in [-0.15, -0.1) is 0 Å². The zero-order valence-corrected chi connectivity index (χ0v) is 7.35. The number of hydrogen-bond acceptors (Lipinski definition) is 2. The predicted octanol–water partition coefficient (Wildman–Crippen LogP) is 0.0412. The highest BCUT2D eigenvalue weighted by atomic mass is 16.2. The molecular weight excluding hydrogens is 142 g/mol. The van der Waals surface area contributed by atoms with Crippen molar-refractivity contribution in [1.29, 1.82) is 0 Å². The van der Waals surface area contributed by atoms with Crippen molar-refractivity contribution in [3.63, 3.8) is 0 Å². The fourth-order valence-corrected chi connectivity index (χ4v) is 0.567. The third-order valence-corrected chi connectivity index (χ3v) is 1.00. The fourth-order valence-electron chi connectivity index (χ4n) is 0.567. The molecule has 4 heteroatoms. The quantitative estimate of drug-likeness (QED) is 0.544. The molecule has 0 aliphatic carbocycles. The van der Waals surface area contributed by atoms with Gasteiger partial charge in [-0.25, -0.2) is 4.79 Å². The van der Waals surface area contributed by atoms with Gasteiger partial charge in [0.1, 0.15) is 0 Å². The van der Waals surface area contributed by atoms with Crippen molar-refractivity contribution in [3.8, 4) is 0 Å². The van der Waals surface area contributed by atoms with Gasteiger partial charge >= 0.3 is 6.03 Å². The Kier molecular flexibility index (Phi) is 4.61. The largest absolute Gasteiger partial charge is 0.337 e. The van der Waals surface area contributed by atoms with E-state index in [-0.39, 0.29) is 18.1 Å². The lowest BCUT2D eigenvalue weighted by atomic mass is 10.3. The average molecular weight is 159 g/mol. The van der Waals surface area contributed by atoms with Gasteiger partial charge in [0.15, 0.2) is 0 Å². The van der Waals surface area contributed by atoms with Crippen molar-refractivity contribution in [2.75, 3.05) is 6.54 Å². The molecule has 0 spiro atoms. The molecule has 2 amide bonds. The van der Waals surface area contributed by atoms with Gasteiger partial charge in [0.2, 0.25) is 0 Å². The molecular formula is C7H17N3O. The zero-order valence-electron chi connectivity index (χ0n) is 7.35. The molecule has 1 unspecified atom stereocenters. The first-order valence-corrected chi connectivity index (χ1v) is 3.82. The van der Waals surface area contributed by atoms with Crippen LogP contribution in [0.15, 0.2) is 0 Å². The van der Waals surface area contributed by atoms with Gasteiger partial charge < -0.3 is 16.4 Å². The van der Waals surface area contributed by atoms with E-state index in [1.807, 2.05) is 20.8 Å². The second-order valence-electron chi connectivity index (χ2n) is 2.99. The summed E-state index contributed by atoms with van der Waals surface area (Å²) in [5.74, 6) is 0. The number of amides is 2. The van der Waals surface area contributed by atoms with Gasteiger partial charge in [0.25, 0.3) is 0 Å². The highest BCUT2D eigenvalue weighted by Gasteiger charge is 2.01. The summed E-state index contributed by atoms with van der Waals surface area (Å²) in [6.45, 7) is 6.17. The molecule has 0 radical (unpaired) electrons. The Morgan fingerprint density at radius 3 is 2.36 bits per heavy atom. The number of hydrogen-bond donors (Lipinski definition) is 3. The van der Waals surface area contributed by atoms with E-state index >= 15 is 0 Å². The maximum Gasteiger partial charge on any atom is 0.315 e. The van der Waals surface area contributed by atoms with Gasteiger partial charge in [0.05, 0.1) is 0 Å². The Hall–Kier alpha value is -0.770. The van der Waals surface area contributed by atoms with Crippen LogP contribution in [0.2, 0.25) is 0 Å². The van der Waals surface area contributed by atoms with E-state index in [0.29, 0.717) is 6.54 Å². The van der Waals surface area contributed by atoms with Crippen LogP contribution in [-0.2, 0) is 0 Å². The Balaban J connectivity index is 3.38. The molecule has 0 saturated carbocycles. The number of nitrogens with one attached hydrogen (secondary N) is 2. The zero-order chi connectivity index (χ0) is 8.85. The van der Waals surface area contributed by atoms with E-state index in [9.17, 15) is 4.79 Å². The number of carbonyl (C=O) groups excluding carboxylic acids is 1. The first-order chi connectivity index (χ1) is 5.02.